The molecule has 0 radical (unpaired) electrons. The number of hydrogen-bond donors (Lipinski definition) is 1. The highest BCUT2D eigenvalue weighted by atomic mass is 16.7. The van der Waals surface area contributed by atoms with Gasteiger partial charge in [-0.05, 0) is 26.2 Å². The molecule has 20 heavy (non-hydrogen) atoms. The van der Waals surface area contributed by atoms with E-state index < -0.39 is 0 Å². The molecule has 1 aliphatic heterocycles. The predicted molar refractivity (Wildman–Crippen MR) is 77.6 cm³/mol. The predicted octanol–water partition coefficient (Wildman–Crippen LogP) is 2.47. The van der Waals surface area contributed by atoms with E-state index in [2.05, 4.69) is 26.1 Å². The first kappa shape index (κ1) is 14.8. The fourth-order valence-electron chi connectivity index (χ4n) is 3.95. The number of nitrogens with one attached hydrogen (secondary N) is 1. The Labute approximate surface area is 122 Å². The lowest BCUT2D eigenvalue weighted by Gasteiger charge is -2.53. The Morgan fingerprint density at radius 3 is 2.35 bits per heavy atom. The largest absolute Gasteiger partial charge is 0.378 e. The van der Waals surface area contributed by atoms with Crippen LogP contribution in [0.15, 0.2) is 0 Å². The second kappa shape index (κ2) is 5.56. The van der Waals surface area contributed by atoms with Gasteiger partial charge in [-0.1, -0.05) is 13.8 Å². The van der Waals surface area contributed by atoms with E-state index in [-0.39, 0.29) is 11.2 Å². The Morgan fingerprint density at radius 2 is 1.80 bits per heavy atom. The molecule has 4 heteroatoms. The zero-order valence-corrected chi connectivity index (χ0v) is 13.1. The number of hydrogen-bond acceptors (Lipinski definition) is 4. The summed E-state index contributed by atoms with van der Waals surface area (Å²) in [6.07, 6.45) is 5.95. The van der Waals surface area contributed by atoms with Gasteiger partial charge in [0.25, 0.3) is 0 Å². The molecular formula is C16H29NO3. The Bertz CT molecular complexity index is 329. The van der Waals surface area contributed by atoms with Crippen LogP contribution in [0.3, 0.4) is 0 Å². The summed E-state index contributed by atoms with van der Waals surface area (Å²) < 4.78 is 17.4. The SMILES string of the molecule is CCO[C@H]1C[C@@H](NC2CCC3(CC2)OCCO3)C1(C)C. The average molecular weight is 283 g/mol. The lowest BCUT2D eigenvalue weighted by molar-refractivity contribution is -0.182. The number of rotatable bonds is 4. The van der Waals surface area contributed by atoms with E-state index in [0.717, 1.165) is 51.9 Å². The molecule has 0 bridgehead atoms. The molecule has 3 rings (SSSR count). The molecule has 3 fully saturated rings. The third-order valence-corrected chi connectivity index (χ3v) is 5.54. The molecule has 0 unspecified atom stereocenters. The molecule has 0 aromatic heterocycles. The molecule has 1 spiro atoms. The van der Waals surface area contributed by atoms with Crippen LogP contribution in [-0.4, -0.2) is 43.8 Å². The summed E-state index contributed by atoms with van der Waals surface area (Å²) in [5.74, 6) is -0.235. The molecular weight excluding hydrogens is 254 g/mol. The Morgan fingerprint density at radius 1 is 1.15 bits per heavy atom. The first-order valence-corrected chi connectivity index (χ1v) is 8.21. The van der Waals surface area contributed by atoms with E-state index in [1.165, 1.54) is 0 Å². The lowest BCUT2D eigenvalue weighted by Crippen LogP contribution is -2.63. The van der Waals surface area contributed by atoms with Gasteiger partial charge in [-0.2, -0.15) is 0 Å². The van der Waals surface area contributed by atoms with E-state index in [1.54, 1.807) is 0 Å². The standard InChI is InChI=1S/C16H29NO3/c1-4-18-14-11-13(15(14,2)3)17-12-5-7-16(8-6-12)19-9-10-20-16/h12-14,17H,4-11H2,1-3H3/t13-,14+/m1/s1. The smallest absolute Gasteiger partial charge is 0.168 e. The molecule has 116 valence electrons. The van der Waals surface area contributed by atoms with E-state index >= 15 is 0 Å². The quantitative estimate of drug-likeness (QED) is 0.860. The van der Waals surface area contributed by atoms with Gasteiger partial charge in [-0.15, -0.1) is 0 Å². The molecule has 0 aromatic carbocycles. The van der Waals surface area contributed by atoms with Crippen LogP contribution >= 0.6 is 0 Å². The van der Waals surface area contributed by atoms with Gasteiger partial charge in [-0.3, -0.25) is 0 Å². The van der Waals surface area contributed by atoms with Crippen LogP contribution in [0.1, 0.15) is 52.9 Å². The van der Waals surface area contributed by atoms with Gasteiger partial charge in [0.15, 0.2) is 5.79 Å². The Balaban J connectivity index is 1.46. The second-order valence-corrected chi connectivity index (χ2v) is 7.10. The minimum absolute atomic E-state index is 0.235. The summed E-state index contributed by atoms with van der Waals surface area (Å²) in [5, 5.41) is 3.85. The average Bonchev–Trinajstić information content (AvgIpc) is 2.88. The molecule has 3 aliphatic rings. The Kier molecular flexibility index (Phi) is 4.10. The van der Waals surface area contributed by atoms with E-state index in [1.807, 2.05) is 0 Å². The molecule has 2 atom stereocenters. The lowest BCUT2D eigenvalue weighted by atomic mass is 9.64. The molecule has 4 nitrogen and oxygen atoms in total. The van der Waals surface area contributed by atoms with E-state index in [4.69, 9.17) is 14.2 Å². The van der Waals surface area contributed by atoms with Gasteiger partial charge in [-0.25, -0.2) is 0 Å². The number of ether oxygens (including phenoxy) is 3. The maximum Gasteiger partial charge on any atom is 0.168 e. The fraction of sp³-hybridized carbons (Fsp3) is 1.00. The topological polar surface area (TPSA) is 39.7 Å². The van der Waals surface area contributed by atoms with E-state index in [9.17, 15) is 0 Å². The van der Waals surface area contributed by atoms with Crippen molar-refractivity contribution in [3.05, 3.63) is 0 Å². The first-order valence-electron chi connectivity index (χ1n) is 8.21. The van der Waals surface area contributed by atoms with Gasteiger partial charge < -0.3 is 19.5 Å². The van der Waals surface area contributed by atoms with Crippen molar-refractivity contribution in [2.75, 3.05) is 19.8 Å². The van der Waals surface area contributed by atoms with Gasteiger partial charge in [0.05, 0.1) is 19.3 Å². The molecule has 1 N–H and O–H groups in total. The minimum Gasteiger partial charge on any atom is -0.378 e. The maximum absolute atomic E-state index is 5.81. The Hall–Kier alpha value is -0.160. The maximum atomic E-state index is 5.81. The zero-order chi connectivity index (χ0) is 14.2. The fourth-order valence-corrected chi connectivity index (χ4v) is 3.95. The van der Waals surface area contributed by atoms with Crippen molar-refractivity contribution in [1.82, 2.24) is 5.32 Å². The molecule has 2 saturated carbocycles. The van der Waals surface area contributed by atoms with Crippen LogP contribution in [0, 0.1) is 5.41 Å². The molecule has 0 aromatic rings. The third-order valence-electron chi connectivity index (χ3n) is 5.54. The van der Waals surface area contributed by atoms with Crippen LogP contribution in [-0.2, 0) is 14.2 Å². The molecule has 1 saturated heterocycles. The summed E-state index contributed by atoms with van der Waals surface area (Å²) in [7, 11) is 0. The van der Waals surface area contributed by atoms with Crippen molar-refractivity contribution in [1.29, 1.82) is 0 Å². The summed E-state index contributed by atoms with van der Waals surface area (Å²) in [6.45, 7) is 9.08. The van der Waals surface area contributed by atoms with Gasteiger partial charge in [0.2, 0.25) is 0 Å². The summed E-state index contributed by atoms with van der Waals surface area (Å²) in [6, 6.07) is 1.20. The van der Waals surface area contributed by atoms with Crippen LogP contribution < -0.4 is 5.32 Å². The van der Waals surface area contributed by atoms with Crippen molar-refractivity contribution >= 4 is 0 Å². The zero-order valence-electron chi connectivity index (χ0n) is 13.1. The van der Waals surface area contributed by atoms with Crippen molar-refractivity contribution < 1.29 is 14.2 Å². The molecule has 1 heterocycles. The van der Waals surface area contributed by atoms with Crippen molar-refractivity contribution in [3.8, 4) is 0 Å². The monoisotopic (exact) mass is 283 g/mol. The summed E-state index contributed by atoms with van der Waals surface area (Å²) >= 11 is 0. The molecule has 2 aliphatic carbocycles. The van der Waals surface area contributed by atoms with Crippen LogP contribution in [0.2, 0.25) is 0 Å². The first-order chi connectivity index (χ1) is 9.56. The van der Waals surface area contributed by atoms with Gasteiger partial charge in [0.1, 0.15) is 0 Å². The highest BCUT2D eigenvalue weighted by molar-refractivity contribution is 5.04. The van der Waals surface area contributed by atoms with Crippen LogP contribution in [0.4, 0.5) is 0 Å². The van der Waals surface area contributed by atoms with Crippen LogP contribution in [0.5, 0.6) is 0 Å². The summed E-state index contributed by atoms with van der Waals surface area (Å²) in [4.78, 5) is 0. The van der Waals surface area contributed by atoms with Gasteiger partial charge in [0, 0.05) is 36.9 Å². The van der Waals surface area contributed by atoms with Crippen LogP contribution in [0.25, 0.3) is 0 Å². The second-order valence-electron chi connectivity index (χ2n) is 7.10. The summed E-state index contributed by atoms with van der Waals surface area (Å²) in [5.41, 5.74) is 0.255. The minimum atomic E-state index is -0.235. The molecule has 0 amide bonds. The normalized spacial score (nSPS) is 36.1. The van der Waals surface area contributed by atoms with Crippen molar-refractivity contribution in [2.45, 2.75) is 76.9 Å². The highest BCUT2D eigenvalue weighted by Crippen LogP contribution is 2.44. The highest BCUT2D eigenvalue weighted by Gasteiger charge is 2.50. The van der Waals surface area contributed by atoms with Crippen molar-refractivity contribution in [3.63, 3.8) is 0 Å². The van der Waals surface area contributed by atoms with Crippen molar-refractivity contribution in [2.24, 2.45) is 5.41 Å². The van der Waals surface area contributed by atoms with E-state index in [0.29, 0.717) is 18.2 Å². The van der Waals surface area contributed by atoms with Gasteiger partial charge >= 0.3 is 0 Å². The third kappa shape index (κ3) is 2.63.